The van der Waals surface area contributed by atoms with E-state index >= 15 is 0 Å². The number of benzene rings is 2. The Morgan fingerprint density at radius 2 is 1.81 bits per heavy atom. The lowest BCUT2D eigenvalue weighted by atomic mass is 10.0. The number of thiophene rings is 1. The zero-order chi connectivity index (χ0) is 17.8. The summed E-state index contributed by atoms with van der Waals surface area (Å²) in [6.07, 6.45) is 1.44. The van der Waals surface area contributed by atoms with Gasteiger partial charge in [0.1, 0.15) is 11.2 Å². The van der Waals surface area contributed by atoms with Crippen molar-refractivity contribution in [2.45, 2.75) is 0 Å². The van der Waals surface area contributed by atoms with Gasteiger partial charge in [-0.3, -0.25) is 4.79 Å². The highest BCUT2D eigenvalue weighted by molar-refractivity contribution is 7.16. The van der Waals surface area contributed by atoms with Crippen LogP contribution in [0, 0.1) is 0 Å². The Hall–Kier alpha value is -3.25. The molecule has 4 aromatic rings. The number of hydrogen-bond donors (Lipinski definition) is 1. The van der Waals surface area contributed by atoms with Crippen LogP contribution in [0.4, 0.5) is 5.69 Å². The molecule has 0 fully saturated rings. The van der Waals surface area contributed by atoms with Crippen LogP contribution >= 0.6 is 11.3 Å². The standard InChI is InChI=1S/C20H15N3O2S/c24-18(12-25-19-16-10-11-26-20(16)22-13-21-19)23-17-9-5-4-8-15(17)14-6-2-1-3-7-14/h1-11,13H,12H2,(H,23,24). The third kappa shape index (κ3) is 3.41. The van der Waals surface area contributed by atoms with Crippen LogP contribution < -0.4 is 10.1 Å². The molecule has 0 aliphatic heterocycles. The Labute approximate surface area is 154 Å². The van der Waals surface area contributed by atoms with E-state index in [0.717, 1.165) is 27.0 Å². The topological polar surface area (TPSA) is 64.1 Å². The molecule has 0 atom stereocenters. The summed E-state index contributed by atoms with van der Waals surface area (Å²) < 4.78 is 5.60. The first-order valence-electron chi connectivity index (χ1n) is 8.06. The van der Waals surface area contributed by atoms with Crippen molar-refractivity contribution in [3.05, 3.63) is 72.4 Å². The average molecular weight is 361 g/mol. The second kappa shape index (κ2) is 7.33. The lowest BCUT2D eigenvalue weighted by Crippen LogP contribution is -2.21. The van der Waals surface area contributed by atoms with Crippen LogP contribution in [0.3, 0.4) is 0 Å². The van der Waals surface area contributed by atoms with E-state index in [0.29, 0.717) is 5.88 Å². The summed E-state index contributed by atoms with van der Waals surface area (Å²) in [6, 6.07) is 19.5. The minimum absolute atomic E-state index is 0.120. The number of para-hydroxylation sites is 1. The van der Waals surface area contributed by atoms with E-state index in [1.54, 1.807) is 0 Å². The van der Waals surface area contributed by atoms with Crippen LogP contribution in [0.2, 0.25) is 0 Å². The Morgan fingerprint density at radius 3 is 2.69 bits per heavy atom. The molecule has 0 bridgehead atoms. The molecule has 0 unspecified atom stereocenters. The number of anilines is 1. The van der Waals surface area contributed by atoms with Gasteiger partial charge in [-0.05, 0) is 23.1 Å². The maximum Gasteiger partial charge on any atom is 0.262 e. The maximum absolute atomic E-state index is 12.4. The number of fused-ring (bicyclic) bond motifs is 1. The largest absolute Gasteiger partial charge is 0.467 e. The fraction of sp³-hybridized carbons (Fsp3) is 0.0500. The zero-order valence-electron chi connectivity index (χ0n) is 13.8. The monoisotopic (exact) mass is 361 g/mol. The van der Waals surface area contributed by atoms with Crippen molar-refractivity contribution in [1.82, 2.24) is 9.97 Å². The Balaban J connectivity index is 1.48. The van der Waals surface area contributed by atoms with Crippen molar-refractivity contribution < 1.29 is 9.53 Å². The molecule has 0 saturated carbocycles. The molecule has 0 radical (unpaired) electrons. The van der Waals surface area contributed by atoms with Gasteiger partial charge in [0, 0.05) is 11.3 Å². The quantitative estimate of drug-likeness (QED) is 0.573. The van der Waals surface area contributed by atoms with Gasteiger partial charge in [-0.15, -0.1) is 11.3 Å². The van der Waals surface area contributed by atoms with E-state index in [2.05, 4.69) is 15.3 Å². The zero-order valence-corrected chi connectivity index (χ0v) is 14.6. The van der Waals surface area contributed by atoms with E-state index < -0.39 is 0 Å². The summed E-state index contributed by atoms with van der Waals surface area (Å²) in [5, 5.41) is 5.65. The van der Waals surface area contributed by atoms with Crippen molar-refractivity contribution in [2.75, 3.05) is 11.9 Å². The predicted octanol–water partition coefficient (Wildman–Crippen LogP) is 4.38. The van der Waals surface area contributed by atoms with E-state index in [9.17, 15) is 4.79 Å². The molecule has 0 spiro atoms. The molecule has 128 valence electrons. The van der Waals surface area contributed by atoms with Gasteiger partial charge in [0.2, 0.25) is 5.88 Å². The van der Waals surface area contributed by atoms with Crippen LogP contribution in [0.5, 0.6) is 5.88 Å². The summed E-state index contributed by atoms with van der Waals surface area (Å²) in [6.45, 7) is -0.120. The molecular weight excluding hydrogens is 346 g/mol. The second-order valence-corrected chi connectivity index (χ2v) is 6.46. The van der Waals surface area contributed by atoms with Crippen molar-refractivity contribution in [2.24, 2.45) is 0 Å². The lowest BCUT2D eigenvalue weighted by molar-refractivity contribution is -0.118. The molecule has 1 N–H and O–H groups in total. The Kier molecular flexibility index (Phi) is 4.57. The summed E-state index contributed by atoms with van der Waals surface area (Å²) in [7, 11) is 0. The Morgan fingerprint density at radius 1 is 1.00 bits per heavy atom. The highest BCUT2D eigenvalue weighted by atomic mass is 32.1. The molecule has 0 aliphatic rings. The van der Waals surface area contributed by atoms with Crippen LogP contribution in [-0.2, 0) is 4.79 Å². The normalized spacial score (nSPS) is 10.6. The van der Waals surface area contributed by atoms with Crippen LogP contribution in [0.1, 0.15) is 0 Å². The smallest absolute Gasteiger partial charge is 0.262 e. The van der Waals surface area contributed by atoms with Crippen LogP contribution in [0.15, 0.2) is 72.4 Å². The van der Waals surface area contributed by atoms with Gasteiger partial charge >= 0.3 is 0 Å². The molecule has 2 aromatic carbocycles. The number of nitrogens with one attached hydrogen (secondary N) is 1. The average Bonchev–Trinajstić information content (AvgIpc) is 3.17. The number of rotatable bonds is 5. The number of hydrogen-bond acceptors (Lipinski definition) is 5. The molecule has 26 heavy (non-hydrogen) atoms. The number of aromatic nitrogens is 2. The SMILES string of the molecule is O=C(COc1ncnc2sccc12)Nc1ccccc1-c1ccccc1. The highest BCUT2D eigenvalue weighted by Crippen LogP contribution is 2.28. The first-order chi connectivity index (χ1) is 12.8. The number of carbonyl (C=O) groups is 1. The lowest BCUT2D eigenvalue weighted by Gasteiger charge is -2.12. The summed E-state index contributed by atoms with van der Waals surface area (Å²) >= 11 is 1.51. The number of nitrogens with zero attached hydrogens (tertiary/aromatic N) is 2. The van der Waals surface area contributed by atoms with Crippen LogP contribution in [-0.4, -0.2) is 22.5 Å². The van der Waals surface area contributed by atoms with Crippen molar-refractivity contribution in [1.29, 1.82) is 0 Å². The van der Waals surface area contributed by atoms with Crippen molar-refractivity contribution in [3.8, 4) is 17.0 Å². The summed E-state index contributed by atoms with van der Waals surface area (Å²) in [5.41, 5.74) is 2.75. The third-order valence-electron chi connectivity index (χ3n) is 3.85. The van der Waals surface area contributed by atoms with Crippen LogP contribution in [0.25, 0.3) is 21.3 Å². The first-order valence-corrected chi connectivity index (χ1v) is 8.94. The number of ether oxygens (including phenoxy) is 1. The van der Waals surface area contributed by atoms with Crippen molar-refractivity contribution >= 4 is 33.1 Å². The fourth-order valence-electron chi connectivity index (χ4n) is 2.66. The number of carbonyl (C=O) groups excluding carboxylic acids is 1. The molecule has 6 heteroatoms. The minimum atomic E-state index is -0.240. The number of amides is 1. The van der Waals surface area contributed by atoms with E-state index in [4.69, 9.17) is 4.74 Å². The Bertz CT molecular complexity index is 1050. The van der Waals surface area contributed by atoms with Gasteiger partial charge in [-0.1, -0.05) is 48.5 Å². The highest BCUT2D eigenvalue weighted by Gasteiger charge is 2.11. The molecule has 5 nitrogen and oxygen atoms in total. The van der Waals surface area contributed by atoms with E-state index in [-0.39, 0.29) is 12.5 Å². The minimum Gasteiger partial charge on any atom is -0.467 e. The third-order valence-corrected chi connectivity index (χ3v) is 4.67. The van der Waals surface area contributed by atoms with Gasteiger partial charge < -0.3 is 10.1 Å². The summed E-state index contributed by atoms with van der Waals surface area (Å²) in [5.74, 6) is 0.179. The fourth-order valence-corrected chi connectivity index (χ4v) is 3.39. The van der Waals surface area contributed by atoms with E-state index in [1.807, 2.05) is 66.0 Å². The van der Waals surface area contributed by atoms with Gasteiger partial charge in [0.25, 0.3) is 5.91 Å². The van der Waals surface area contributed by atoms with E-state index in [1.165, 1.54) is 17.7 Å². The second-order valence-electron chi connectivity index (χ2n) is 5.57. The maximum atomic E-state index is 12.4. The molecular formula is C20H15N3O2S. The molecule has 0 aliphatic carbocycles. The molecule has 0 saturated heterocycles. The predicted molar refractivity (Wildman–Crippen MR) is 103 cm³/mol. The molecule has 2 heterocycles. The van der Waals surface area contributed by atoms with Gasteiger partial charge in [0.05, 0.1) is 5.39 Å². The van der Waals surface area contributed by atoms with Crippen molar-refractivity contribution in [3.63, 3.8) is 0 Å². The first kappa shape index (κ1) is 16.2. The van der Waals surface area contributed by atoms with Gasteiger partial charge in [-0.2, -0.15) is 0 Å². The van der Waals surface area contributed by atoms with Gasteiger partial charge in [-0.25, -0.2) is 9.97 Å². The molecule has 1 amide bonds. The molecule has 2 aromatic heterocycles. The summed E-state index contributed by atoms with van der Waals surface area (Å²) in [4.78, 5) is 21.5. The molecule has 4 rings (SSSR count). The van der Waals surface area contributed by atoms with Gasteiger partial charge in [0.15, 0.2) is 6.61 Å².